The lowest BCUT2D eigenvalue weighted by Crippen LogP contribution is -2.33. The van der Waals surface area contributed by atoms with Crippen LogP contribution in [-0.4, -0.2) is 36.1 Å². The van der Waals surface area contributed by atoms with Gasteiger partial charge in [0.05, 0.1) is 5.52 Å². The number of hydrogen-bond donors (Lipinski definition) is 1. The summed E-state index contributed by atoms with van der Waals surface area (Å²) in [4.78, 5) is 7.38. The maximum Gasteiger partial charge on any atom is 0.0804 e. The number of benzene rings is 2. The van der Waals surface area contributed by atoms with Crippen molar-refractivity contribution in [3.63, 3.8) is 0 Å². The van der Waals surface area contributed by atoms with Gasteiger partial charge in [0.15, 0.2) is 0 Å². The average Bonchev–Trinajstić information content (AvgIpc) is 2.62. The number of fused-ring (bicyclic) bond motifs is 3. The first-order valence-electron chi connectivity index (χ1n) is 9.06. The minimum Gasteiger partial charge on any atom is -0.383 e. The molecule has 3 nitrogen and oxygen atoms in total. The third-order valence-corrected chi connectivity index (χ3v) is 5.02. The topological polar surface area (TPSA) is 28.2 Å². The van der Waals surface area contributed by atoms with Gasteiger partial charge in [-0.2, -0.15) is 0 Å². The van der Waals surface area contributed by atoms with Gasteiger partial charge in [-0.25, -0.2) is 0 Å². The third-order valence-electron chi connectivity index (χ3n) is 5.02. The van der Waals surface area contributed by atoms with E-state index in [1.165, 1.54) is 54.2 Å². The number of piperidine rings is 1. The van der Waals surface area contributed by atoms with Crippen LogP contribution >= 0.6 is 0 Å². The molecule has 0 amide bonds. The zero-order valence-corrected chi connectivity index (χ0v) is 14.4. The van der Waals surface area contributed by atoms with Crippen molar-refractivity contribution in [2.24, 2.45) is 0 Å². The Morgan fingerprint density at radius 2 is 1.83 bits per heavy atom. The molecule has 0 unspecified atom stereocenters. The van der Waals surface area contributed by atoms with Crippen molar-refractivity contribution in [1.29, 1.82) is 0 Å². The summed E-state index contributed by atoms with van der Waals surface area (Å²) in [5, 5.41) is 7.37. The van der Waals surface area contributed by atoms with Crippen molar-refractivity contribution >= 4 is 27.4 Å². The quantitative estimate of drug-likeness (QED) is 0.713. The van der Waals surface area contributed by atoms with E-state index in [1.54, 1.807) is 0 Å². The smallest absolute Gasteiger partial charge is 0.0804 e. The van der Waals surface area contributed by atoms with Crippen LogP contribution in [0.1, 0.15) is 25.0 Å². The molecule has 0 radical (unpaired) electrons. The zero-order valence-electron chi connectivity index (χ0n) is 14.4. The molecule has 3 aromatic rings. The van der Waals surface area contributed by atoms with Crippen molar-refractivity contribution in [3.8, 4) is 0 Å². The summed E-state index contributed by atoms with van der Waals surface area (Å²) in [6.45, 7) is 6.70. The van der Waals surface area contributed by atoms with Crippen molar-refractivity contribution < 1.29 is 0 Å². The molecule has 1 N–H and O–H groups in total. The van der Waals surface area contributed by atoms with Crippen LogP contribution in [0.3, 0.4) is 0 Å². The average molecular weight is 319 g/mol. The molecule has 24 heavy (non-hydrogen) atoms. The molecule has 0 atom stereocenters. The number of nitrogens with one attached hydrogen (secondary N) is 1. The molecule has 1 aliphatic rings. The molecule has 1 aliphatic heterocycles. The van der Waals surface area contributed by atoms with E-state index >= 15 is 0 Å². The summed E-state index contributed by atoms with van der Waals surface area (Å²) in [5.41, 5.74) is 3.38. The predicted octanol–water partition coefficient (Wildman–Crippen LogP) is 4.59. The molecule has 0 aliphatic carbocycles. The van der Waals surface area contributed by atoms with E-state index in [9.17, 15) is 0 Å². The van der Waals surface area contributed by atoms with Gasteiger partial charge in [-0.15, -0.1) is 0 Å². The first kappa shape index (κ1) is 15.4. The number of likely N-dealkylation sites (tertiary alicyclic amines) is 1. The van der Waals surface area contributed by atoms with Gasteiger partial charge in [-0.3, -0.25) is 4.98 Å². The molecular formula is C21H25N3. The van der Waals surface area contributed by atoms with E-state index in [4.69, 9.17) is 4.98 Å². The Bertz CT molecular complexity index is 850. The van der Waals surface area contributed by atoms with Gasteiger partial charge in [0.25, 0.3) is 0 Å². The largest absolute Gasteiger partial charge is 0.383 e. The van der Waals surface area contributed by atoms with Gasteiger partial charge in [0, 0.05) is 35.2 Å². The second-order valence-corrected chi connectivity index (χ2v) is 6.82. The number of rotatable bonds is 4. The molecule has 0 bridgehead atoms. The lowest BCUT2D eigenvalue weighted by Gasteiger charge is -2.26. The van der Waals surface area contributed by atoms with E-state index in [2.05, 4.69) is 59.6 Å². The Balaban J connectivity index is 1.61. The molecule has 1 fully saturated rings. The zero-order chi connectivity index (χ0) is 16.4. The Morgan fingerprint density at radius 3 is 2.71 bits per heavy atom. The van der Waals surface area contributed by atoms with Crippen molar-refractivity contribution in [2.75, 3.05) is 31.5 Å². The summed E-state index contributed by atoms with van der Waals surface area (Å²) in [6.07, 6.45) is 4.09. The lowest BCUT2D eigenvalue weighted by molar-refractivity contribution is 0.237. The molecule has 2 heterocycles. The number of pyridine rings is 1. The van der Waals surface area contributed by atoms with Crippen LogP contribution in [0.4, 0.5) is 5.69 Å². The van der Waals surface area contributed by atoms with Gasteiger partial charge in [0.2, 0.25) is 0 Å². The number of aromatic nitrogens is 1. The lowest BCUT2D eigenvalue weighted by atomic mass is 10.0. The van der Waals surface area contributed by atoms with E-state index < -0.39 is 0 Å². The van der Waals surface area contributed by atoms with Crippen LogP contribution in [0.5, 0.6) is 0 Å². The Labute approximate surface area is 143 Å². The van der Waals surface area contributed by atoms with Gasteiger partial charge in [0.1, 0.15) is 0 Å². The minimum absolute atomic E-state index is 0.991. The Kier molecular flexibility index (Phi) is 4.35. The SMILES string of the molecule is Cc1cc(NCCN2CCCCC2)c2ccc3ccccc3c2n1. The first-order valence-corrected chi connectivity index (χ1v) is 9.06. The molecule has 1 saturated heterocycles. The van der Waals surface area contributed by atoms with Crippen LogP contribution in [0.2, 0.25) is 0 Å². The van der Waals surface area contributed by atoms with Gasteiger partial charge < -0.3 is 10.2 Å². The maximum atomic E-state index is 4.81. The van der Waals surface area contributed by atoms with Crippen LogP contribution in [0.25, 0.3) is 21.7 Å². The second-order valence-electron chi connectivity index (χ2n) is 6.82. The highest BCUT2D eigenvalue weighted by Crippen LogP contribution is 2.29. The molecule has 3 heteroatoms. The fraction of sp³-hybridized carbons (Fsp3) is 0.381. The van der Waals surface area contributed by atoms with Crippen molar-refractivity contribution in [2.45, 2.75) is 26.2 Å². The van der Waals surface area contributed by atoms with Crippen LogP contribution in [0.15, 0.2) is 42.5 Å². The fourth-order valence-electron chi connectivity index (χ4n) is 3.77. The highest BCUT2D eigenvalue weighted by Gasteiger charge is 2.10. The molecule has 0 saturated carbocycles. The Morgan fingerprint density at radius 1 is 1.00 bits per heavy atom. The van der Waals surface area contributed by atoms with E-state index in [0.29, 0.717) is 0 Å². The van der Waals surface area contributed by atoms with Crippen LogP contribution in [-0.2, 0) is 0 Å². The molecule has 2 aromatic carbocycles. The molecule has 1 aromatic heterocycles. The second kappa shape index (κ2) is 6.78. The maximum absolute atomic E-state index is 4.81. The summed E-state index contributed by atoms with van der Waals surface area (Å²) in [7, 11) is 0. The summed E-state index contributed by atoms with van der Waals surface area (Å²) in [5.74, 6) is 0. The first-order chi connectivity index (χ1) is 11.8. The Hall–Kier alpha value is -2.13. The van der Waals surface area contributed by atoms with Gasteiger partial charge in [-0.1, -0.05) is 42.8 Å². The highest BCUT2D eigenvalue weighted by molar-refractivity contribution is 6.09. The van der Waals surface area contributed by atoms with Crippen LogP contribution < -0.4 is 5.32 Å². The number of anilines is 1. The highest BCUT2D eigenvalue weighted by atomic mass is 15.1. The third kappa shape index (κ3) is 3.09. The van der Waals surface area contributed by atoms with E-state index in [0.717, 1.165) is 24.3 Å². The number of aryl methyl sites for hydroxylation is 1. The molecular weight excluding hydrogens is 294 g/mol. The fourth-order valence-corrected chi connectivity index (χ4v) is 3.77. The summed E-state index contributed by atoms with van der Waals surface area (Å²) < 4.78 is 0. The normalized spacial score (nSPS) is 15.9. The standard InChI is InChI=1S/C21H25N3/c1-16-15-20(22-11-14-24-12-5-2-6-13-24)19-10-9-17-7-3-4-8-18(17)21(19)23-16/h3-4,7-10,15H,2,5-6,11-14H2,1H3,(H,22,23). The monoisotopic (exact) mass is 319 g/mol. The predicted molar refractivity (Wildman–Crippen MR) is 103 cm³/mol. The number of nitrogens with zero attached hydrogens (tertiary/aromatic N) is 2. The molecule has 124 valence electrons. The number of hydrogen-bond acceptors (Lipinski definition) is 3. The van der Waals surface area contributed by atoms with Crippen LogP contribution in [0, 0.1) is 6.92 Å². The minimum atomic E-state index is 0.991. The van der Waals surface area contributed by atoms with E-state index in [1.807, 2.05) is 0 Å². The van der Waals surface area contributed by atoms with Crippen molar-refractivity contribution in [3.05, 3.63) is 48.2 Å². The van der Waals surface area contributed by atoms with Gasteiger partial charge in [-0.05, 0) is 44.3 Å². The van der Waals surface area contributed by atoms with Gasteiger partial charge >= 0.3 is 0 Å². The molecule has 4 rings (SSSR count). The summed E-state index contributed by atoms with van der Waals surface area (Å²) in [6, 6.07) is 15.1. The summed E-state index contributed by atoms with van der Waals surface area (Å²) >= 11 is 0. The molecule has 0 spiro atoms. The van der Waals surface area contributed by atoms with Crippen molar-refractivity contribution in [1.82, 2.24) is 9.88 Å². The van der Waals surface area contributed by atoms with E-state index in [-0.39, 0.29) is 0 Å².